The van der Waals surface area contributed by atoms with Gasteiger partial charge in [0.1, 0.15) is 6.04 Å². The average Bonchev–Trinajstić information content (AvgIpc) is 2.91. The first-order valence-corrected chi connectivity index (χ1v) is 10.1. The summed E-state index contributed by atoms with van der Waals surface area (Å²) in [5.41, 5.74) is 3.38. The predicted molar refractivity (Wildman–Crippen MR) is 111 cm³/mol. The van der Waals surface area contributed by atoms with Crippen LogP contribution >= 0.6 is 11.8 Å². The van der Waals surface area contributed by atoms with E-state index in [9.17, 15) is 14.4 Å². The zero-order chi connectivity index (χ0) is 20.8. The summed E-state index contributed by atoms with van der Waals surface area (Å²) in [6.45, 7) is 8.17. The lowest BCUT2D eigenvalue weighted by atomic mass is 9.80. The fourth-order valence-electron chi connectivity index (χ4n) is 3.93. The number of fused-ring (bicyclic) bond motifs is 1. The van der Waals surface area contributed by atoms with Gasteiger partial charge in [0.25, 0.3) is 11.1 Å². The molecule has 2 heterocycles. The van der Waals surface area contributed by atoms with Crippen molar-refractivity contribution in [2.75, 3.05) is 19.1 Å². The molecule has 2 aliphatic rings. The first kappa shape index (κ1) is 20.5. The van der Waals surface area contributed by atoms with Crippen molar-refractivity contribution in [1.82, 2.24) is 4.90 Å². The van der Waals surface area contributed by atoms with Crippen LogP contribution in [0.2, 0.25) is 0 Å². The highest BCUT2D eigenvalue weighted by atomic mass is 32.2. The Bertz CT molecular complexity index is 877. The molecule has 150 valence electrons. The maximum absolute atomic E-state index is 12.7. The van der Waals surface area contributed by atoms with E-state index in [1.807, 2.05) is 6.07 Å². The zero-order valence-corrected chi connectivity index (χ0v) is 17.9. The van der Waals surface area contributed by atoms with E-state index in [2.05, 4.69) is 49.6 Å². The van der Waals surface area contributed by atoms with Crippen LogP contribution < -0.4 is 4.90 Å². The van der Waals surface area contributed by atoms with Gasteiger partial charge in [-0.15, -0.1) is 0 Å². The third kappa shape index (κ3) is 3.43. The summed E-state index contributed by atoms with van der Waals surface area (Å²) in [5, 5.41) is -0.457. The molecule has 2 atom stereocenters. The number of carbonyl (C=O) groups is 3. The Morgan fingerprint density at radius 1 is 1.36 bits per heavy atom. The molecule has 1 aromatic carbocycles. The maximum atomic E-state index is 12.7. The number of imide groups is 1. The Morgan fingerprint density at radius 3 is 2.68 bits per heavy atom. The molecule has 1 saturated heterocycles. The van der Waals surface area contributed by atoms with Gasteiger partial charge in [-0.25, -0.2) is 4.79 Å². The van der Waals surface area contributed by atoms with Crippen molar-refractivity contribution in [1.29, 1.82) is 0 Å². The second kappa shape index (κ2) is 7.28. The number of benzene rings is 1. The first-order valence-electron chi connectivity index (χ1n) is 9.29. The van der Waals surface area contributed by atoms with Crippen molar-refractivity contribution in [2.24, 2.45) is 0 Å². The van der Waals surface area contributed by atoms with Gasteiger partial charge in [-0.2, -0.15) is 0 Å². The number of ether oxygens (including phenoxy) is 1. The molecule has 3 rings (SSSR count). The van der Waals surface area contributed by atoms with E-state index in [1.165, 1.54) is 25.3 Å². The number of nitrogens with zero attached hydrogens (tertiary/aromatic N) is 2. The summed E-state index contributed by atoms with van der Waals surface area (Å²) in [5.74, 6) is -0.683. The van der Waals surface area contributed by atoms with E-state index in [0.717, 1.165) is 28.6 Å². The highest BCUT2D eigenvalue weighted by Gasteiger charge is 2.41. The molecule has 0 N–H and O–H groups in total. The van der Waals surface area contributed by atoms with Crippen molar-refractivity contribution in [3.05, 3.63) is 34.2 Å². The van der Waals surface area contributed by atoms with Crippen molar-refractivity contribution < 1.29 is 19.1 Å². The standard InChI is InChI=1S/C21H26N2O4S/c1-12-11-21(3,4)22(5)16-8-7-14(9-15(12)16)10-17-18(24)23(20(26)28-17)13(2)19(25)27-6/h7-10,12-13H,11H2,1-6H3/b17-10-. The molecule has 1 fully saturated rings. The van der Waals surface area contributed by atoms with E-state index in [1.54, 1.807) is 6.08 Å². The van der Waals surface area contributed by atoms with Gasteiger partial charge in [0.15, 0.2) is 0 Å². The van der Waals surface area contributed by atoms with Crippen molar-refractivity contribution in [2.45, 2.75) is 51.6 Å². The van der Waals surface area contributed by atoms with Gasteiger partial charge in [-0.05, 0) is 74.2 Å². The lowest BCUT2D eigenvalue weighted by molar-refractivity contribution is -0.148. The van der Waals surface area contributed by atoms with Crippen LogP contribution in [0.4, 0.5) is 10.5 Å². The van der Waals surface area contributed by atoms with Gasteiger partial charge in [-0.3, -0.25) is 14.5 Å². The van der Waals surface area contributed by atoms with Gasteiger partial charge in [0, 0.05) is 18.3 Å². The molecule has 6 nitrogen and oxygen atoms in total. The topological polar surface area (TPSA) is 66.9 Å². The Morgan fingerprint density at radius 2 is 2.04 bits per heavy atom. The molecule has 0 bridgehead atoms. The van der Waals surface area contributed by atoms with E-state index in [4.69, 9.17) is 0 Å². The Kier molecular flexibility index (Phi) is 5.32. The third-order valence-electron chi connectivity index (χ3n) is 5.71. The lowest BCUT2D eigenvalue weighted by Gasteiger charge is -2.45. The number of anilines is 1. The first-order chi connectivity index (χ1) is 13.1. The minimum Gasteiger partial charge on any atom is -0.467 e. The van der Waals surface area contributed by atoms with Crippen LogP contribution in [0.15, 0.2) is 23.1 Å². The summed E-state index contributed by atoms with van der Waals surface area (Å²) < 4.78 is 4.66. The molecule has 0 radical (unpaired) electrons. The largest absolute Gasteiger partial charge is 0.467 e. The fourth-order valence-corrected chi connectivity index (χ4v) is 4.83. The van der Waals surface area contributed by atoms with Crippen molar-refractivity contribution >= 4 is 40.6 Å². The van der Waals surface area contributed by atoms with Gasteiger partial charge in [-0.1, -0.05) is 13.0 Å². The van der Waals surface area contributed by atoms with Gasteiger partial charge in [0.2, 0.25) is 0 Å². The van der Waals surface area contributed by atoms with Crippen LogP contribution in [0.25, 0.3) is 6.08 Å². The lowest BCUT2D eigenvalue weighted by Crippen LogP contribution is -2.45. The highest BCUT2D eigenvalue weighted by molar-refractivity contribution is 8.18. The Labute approximate surface area is 169 Å². The fraction of sp³-hybridized carbons (Fsp3) is 0.476. The van der Waals surface area contributed by atoms with E-state index >= 15 is 0 Å². The molecule has 2 aliphatic heterocycles. The Balaban J connectivity index is 1.91. The van der Waals surface area contributed by atoms with Crippen molar-refractivity contribution in [3.63, 3.8) is 0 Å². The molecular formula is C21H26N2O4S. The molecule has 7 heteroatoms. The van der Waals surface area contributed by atoms with Crippen LogP contribution in [0.5, 0.6) is 0 Å². The zero-order valence-electron chi connectivity index (χ0n) is 17.1. The predicted octanol–water partition coefficient (Wildman–Crippen LogP) is 4.01. The summed E-state index contributed by atoms with van der Waals surface area (Å²) in [7, 11) is 3.34. The summed E-state index contributed by atoms with van der Waals surface area (Å²) >= 11 is 0.852. The van der Waals surface area contributed by atoms with E-state index < -0.39 is 23.2 Å². The molecule has 0 aromatic heterocycles. The maximum Gasteiger partial charge on any atom is 0.328 e. The van der Waals surface area contributed by atoms with Crippen LogP contribution in [-0.2, 0) is 14.3 Å². The van der Waals surface area contributed by atoms with Crippen LogP contribution in [0.1, 0.15) is 51.2 Å². The second-order valence-electron chi connectivity index (χ2n) is 8.05. The van der Waals surface area contributed by atoms with Gasteiger partial charge >= 0.3 is 5.97 Å². The third-order valence-corrected chi connectivity index (χ3v) is 6.59. The summed E-state index contributed by atoms with van der Waals surface area (Å²) in [6.07, 6.45) is 2.76. The van der Waals surface area contributed by atoms with E-state index in [-0.39, 0.29) is 5.54 Å². The number of carbonyl (C=O) groups excluding carboxylic acids is 3. The number of hydrogen-bond donors (Lipinski definition) is 0. The Hall–Kier alpha value is -2.28. The SMILES string of the molecule is COC(=O)C(C)N1C(=O)S/C(=C\c2ccc3c(c2)C(C)CC(C)(C)N3C)C1=O. The molecular weight excluding hydrogens is 376 g/mol. The number of rotatable bonds is 3. The summed E-state index contributed by atoms with van der Waals surface area (Å²) in [6, 6.07) is 5.17. The van der Waals surface area contributed by atoms with Crippen LogP contribution in [0, 0.1) is 0 Å². The number of esters is 1. The molecule has 2 unspecified atom stereocenters. The molecule has 28 heavy (non-hydrogen) atoms. The van der Waals surface area contributed by atoms with E-state index in [0.29, 0.717) is 10.8 Å². The number of hydrogen-bond acceptors (Lipinski definition) is 6. The molecule has 2 amide bonds. The smallest absolute Gasteiger partial charge is 0.328 e. The highest BCUT2D eigenvalue weighted by Crippen LogP contribution is 2.43. The van der Waals surface area contributed by atoms with Crippen LogP contribution in [-0.4, -0.2) is 47.8 Å². The average molecular weight is 403 g/mol. The minimum atomic E-state index is -0.942. The summed E-state index contributed by atoms with van der Waals surface area (Å²) in [4.78, 5) is 40.2. The monoisotopic (exact) mass is 402 g/mol. The molecule has 0 spiro atoms. The number of methoxy groups -OCH3 is 1. The normalized spacial score (nSPS) is 23.8. The van der Waals surface area contributed by atoms with Crippen molar-refractivity contribution in [3.8, 4) is 0 Å². The molecule has 1 aromatic rings. The minimum absolute atomic E-state index is 0.0839. The molecule has 0 saturated carbocycles. The number of amides is 2. The quantitative estimate of drug-likeness (QED) is 0.562. The molecule has 0 aliphatic carbocycles. The second-order valence-corrected chi connectivity index (χ2v) is 9.04. The van der Waals surface area contributed by atoms with Gasteiger partial charge < -0.3 is 9.64 Å². The van der Waals surface area contributed by atoms with Gasteiger partial charge in [0.05, 0.1) is 12.0 Å². The number of thioether (sulfide) groups is 1. The van der Waals surface area contributed by atoms with Crippen LogP contribution in [0.3, 0.4) is 0 Å².